The number of hydrogen-bond acceptors (Lipinski definition) is 4. The first-order chi connectivity index (χ1) is 13.0. The molecule has 3 amide bonds. The first-order valence-corrected chi connectivity index (χ1v) is 9.58. The number of aryl methyl sites for hydroxylation is 1. The zero-order chi connectivity index (χ0) is 19.6. The van der Waals surface area contributed by atoms with Crippen molar-refractivity contribution < 1.29 is 19.1 Å². The van der Waals surface area contributed by atoms with Gasteiger partial charge < -0.3 is 19.9 Å². The second-order valence-corrected chi connectivity index (χ2v) is 6.70. The molecule has 7 nitrogen and oxygen atoms in total. The van der Waals surface area contributed by atoms with Crippen LogP contribution in [0.5, 0.6) is 0 Å². The van der Waals surface area contributed by atoms with E-state index in [-0.39, 0.29) is 24.5 Å². The molecule has 0 aromatic heterocycles. The maximum absolute atomic E-state index is 12.2. The van der Waals surface area contributed by atoms with E-state index in [1.807, 2.05) is 24.3 Å². The van der Waals surface area contributed by atoms with Crippen LogP contribution < -0.4 is 5.32 Å². The first kappa shape index (κ1) is 21.0. The molecule has 0 spiro atoms. The van der Waals surface area contributed by atoms with Crippen molar-refractivity contribution in [3.63, 3.8) is 0 Å². The molecule has 0 bridgehead atoms. The van der Waals surface area contributed by atoms with E-state index in [1.54, 1.807) is 16.7 Å². The van der Waals surface area contributed by atoms with Gasteiger partial charge in [0.15, 0.2) is 0 Å². The minimum atomic E-state index is -0.351. The summed E-state index contributed by atoms with van der Waals surface area (Å²) in [7, 11) is 0. The Bertz CT molecular complexity index is 660. The maximum atomic E-state index is 12.2. The van der Waals surface area contributed by atoms with Gasteiger partial charge in [-0.25, -0.2) is 4.79 Å². The third-order valence-electron chi connectivity index (χ3n) is 4.40. The molecule has 27 heavy (non-hydrogen) atoms. The third kappa shape index (κ3) is 6.75. The first-order valence-electron chi connectivity index (χ1n) is 9.20. The molecule has 148 valence electrons. The molecule has 1 fully saturated rings. The Morgan fingerprint density at radius 2 is 1.78 bits per heavy atom. The fourth-order valence-electron chi connectivity index (χ4n) is 2.87. The van der Waals surface area contributed by atoms with E-state index >= 15 is 0 Å². The number of ether oxygens (including phenoxy) is 1. The smallest absolute Gasteiger partial charge is 0.409 e. The van der Waals surface area contributed by atoms with Gasteiger partial charge >= 0.3 is 6.09 Å². The number of hydrogen-bond donors (Lipinski definition) is 1. The van der Waals surface area contributed by atoms with E-state index in [1.165, 1.54) is 0 Å². The summed E-state index contributed by atoms with van der Waals surface area (Å²) in [6.07, 6.45) is 1.38. The summed E-state index contributed by atoms with van der Waals surface area (Å²) in [5.74, 6) is -0.293. The van der Waals surface area contributed by atoms with Crippen molar-refractivity contribution in [3.8, 4) is 0 Å². The number of amides is 3. The molecule has 0 saturated carbocycles. The lowest BCUT2D eigenvalue weighted by atomic mass is 10.1. The van der Waals surface area contributed by atoms with Crippen LogP contribution in [0.25, 0.3) is 0 Å². The van der Waals surface area contributed by atoms with Gasteiger partial charge in [-0.1, -0.05) is 29.8 Å². The molecule has 1 saturated heterocycles. The van der Waals surface area contributed by atoms with Crippen LogP contribution in [0.1, 0.15) is 25.3 Å². The molecule has 0 aliphatic carbocycles. The highest BCUT2D eigenvalue weighted by atomic mass is 35.5. The summed E-state index contributed by atoms with van der Waals surface area (Å²) < 4.78 is 4.95. The largest absolute Gasteiger partial charge is 0.450 e. The van der Waals surface area contributed by atoms with Crippen molar-refractivity contribution >= 4 is 29.5 Å². The fraction of sp³-hybridized carbons (Fsp3) is 0.526. The number of rotatable bonds is 7. The molecule has 8 heteroatoms. The second kappa shape index (κ2) is 10.8. The molecule has 1 aromatic rings. The average Bonchev–Trinajstić information content (AvgIpc) is 2.68. The lowest BCUT2D eigenvalue weighted by molar-refractivity contribution is -0.134. The van der Waals surface area contributed by atoms with Crippen molar-refractivity contribution in [1.29, 1.82) is 0 Å². The van der Waals surface area contributed by atoms with Crippen molar-refractivity contribution in [2.45, 2.75) is 26.2 Å². The number of carbonyl (C=O) groups excluding carboxylic acids is 3. The third-order valence-corrected chi connectivity index (χ3v) is 4.77. The molecule has 1 N–H and O–H groups in total. The van der Waals surface area contributed by atoms with Gasteiger partial charge in [0, 0.05) is 37.6 Å². The Balaban J connectivity index is 1.63. The summed E-state index contributed by atoms with van der Waals surface area (Å²) in [4.78, 5) is 39.0. The Morgan fingerprint density at radius 3 is 2.44 bits per heavy atom. The zero-order valence-electron chi connectivity index (χ0n) is 15.6. The summed E-state index contributed by atoms with van der Waals surface area (Å²) in [5.41, 5.74) is 1.02. The van der Waals surface area contributed by atoms with Gasteiger partial charge in [-0.05, 0) is 31.4 Å². The van der Waals surface area contributed by atoms with E-state index in [0.717, 1.165) is 12.0 Å². The number of nitrogens with one attached hydrogen (secondary N) is 1. The summed E-state index contributed by atoms with van der Waals surface area (Å²) >= 11 is 6.09. The number of nitrogens with zero attached hydrogens (tertiary/aromatic N) is 2. The molecular formula is C19H26ClN3O4. The van der Waals surface area contributed by atoms with Gasteiger partial charge in [0.25, 0.3) is 0 Å². The molecule has 2 rings (SSSR count). The van der Waals surface area contributed by atoms with Gasteiger partial charge in [0.1, 0.15) is 0 Å². The van der Waals surface area contributed by atoms with E-state index < -0.39 is 0 Å². The highest BCUT2D eigenvalue weighted by molar-refractivity contribution is 6.31. The Morgan fingerprint density at radius 1 is 1.11 bits per heavy atom. The normalized spacial score (nSPS) is 14.0. The summed E-state index contributed by atoms with van der Waals surface area (Å²) in [6, 6.07) is 7.56. The van der Waals surface area contributed by atoms with Crippen LogP contribution in [-0.2, 0) is 20.7 Å². The SMILES string of the molecule is CCOC(=O)N1CCN(C(=O)CNC(=O)CCCc2ccccc2Cl)CC1. The lowest BCUT2D eigenvalue weighted by Crippen LogP contribution is -2.52. The summed E-state index contributed by atoms with van der Waals surface area (Å²) in [5, 5.41) is 3.37. The van der Waals surface area contributed by atoms with E-state index in [0.29, 0.717) is 50.7 Å². The van der Waals surface area contributed by atoms with Gasteiger partial charge in [0.05, 0.1) is 13.2 Å². The van der Waals surface area contributed by atoms with E-state index in [9.17, 15) is 14.4 Å². The van der Waals surface area contributed by atoms with Crippen LogP contribution in [0.2, 0.25) is 5.02 Å². The minimum Gasteiger partial charge on any atom is -0.450 e. The van der Waals surface area contributed by atoms with Crippen molar-refractivity contribution in [2.24, 2.45) is 0 Å². The monoisotopic (exact) mass is 395 g/mol. The number of halogens is 1. The average molecular weight is 396 g/mol. The van der Waals surface area contributed by atoms with Gasteiger partial charge in [-0.3, -0.25) is 9.59 Å². The van der Waals surface area contributed by atoms with Gasteiger partial charge in [0.2, 0.25) is 11.8 Å². The van der Waals surface area contributed by atoms with E-state index in [4.69, 9.17) is 16.3 Å². The van der Waals surface area contributed by atoms with Crippen molar-refractivity contribution in [2.75, 3.05) is 39.3 Å². The van der Waals surface area contributed by atoms with Gasteiger partial charge in [-0.15, -0.1) is 0 Å². The van der Waals surface area contributed by atoms with Crippen molar-refractivity contribution in [3.05, 3.63) is 34.9 Å². The molecule has 0 radical (unpaired) electrons. The predicted molar refractivity (Wildman–Crippen MR) is 103 cm³/mol. The van der Waals surface area contributed by atoms with Crippen LogP contribution in [0.15, 0.2) is 24.3 Å². The quantitative estimate of drug-likeness (QED) is 0.766. The molecular weight excluding hydrogens is 370 g/mol. The van der Waals surface area contributed by atoms with Gasteiger partial charge in [-0.2, -0.15) is 0 Å². The second-order valence-electron chi connectivity index (χ2n) is 6.29. The van der Waals surface area contributed by atoms with E-state index in [2.05, 4.69) is 5.32 Å². The van der Waals surface area contributed by atoms with Crippen LogP contribution >= 0.6 is 11.6 Å². The van der Waals surface area contributed by atoms with Crippen molar-refractivity contribution in [1.82, 2.24) is 15.1 Å². The Kier molecular flexibility index (Phi) is 8.39. The summed E-state index contributed by atoms with van der Waals surface area (Å²) in [6.45, 7) is 3.84. The predicted octanol–water partition coefficient (Wildman–Crippen LogP) is 2.08. The standard InChI is InChI=1S/C19H26ClN3O4/c1-2-27-19(26)23-12-10-22(11-13-23)18(25)14-21-17(24)9-5-7-15-6-3-4-8-16(15)20/h3-4,6,8H,2,5,7,9-14H2,1H3,(H,21,24). The highest BCUT2D eigenvalue weighted by Gasteiger charge is 2.24. The number of piperazine rings is 1. The van der Waals surface area contributed by atoms with Crippen LogP contribution in [-0.4, -0.2) is 67.0 Å². The minimum absolute atomic E-state index is 0.0235. The lowest BCUT2D eigenvalue weighted by Gasteiger charge is -2.34. The fourth-order valence-corrected chi connectivity index (χ4v) is 3.10. The van der Waals surface area contributed by atoms with Crippen LogP contribution in [0.4, 0.5) is 4.79 Å². The highest BCUT2D eigenvalue weighted by Crippen LogP contribution is 2.17. The Labute approximate surface area is 164 Å². The molecule has 1 heterocycles. The number of benzene rings is 1. The van der Waals surface area contributed by atoms with Crippen LogP contribution in [0, 0.1) is 0 Å². The topological polar surface area (TPSA) is 79.0 Å². The zero-order valence-corrected chi connectivity index (χ0v) is 16.3. The molecule has 0 atom stereocenters. The van der Waals surface area contributed by atoms with Crippen LogP contribution in [0.3, 0.4) is 0 Å². The molecule has 1 aliphatic rings. The molecule has 0 unspecified atom stereocenters. The molecule has 1 aromatic carbocycles. The maximum Gasteiger partial charge on any atom is 0.409 e. The molecule has 1 aliphatic heterocycles. The Hall–Kier alpha value is -2.28. The number of carbonyl (C=O) groups is 3.